The van der Waals surface area contributed by atoms with Crippen LogP contribution in [0.25, 0.3) is 11.1 Å². The van der Waals surface area contributed by atoms with E-state index in [-0.39, 0.29) is 58.4 Å². The van der Waals surface area contributed by atoms with E-state index >= 15 is 14.4 Å². The van der Waals surface area contributed by atoms with Crippen molar-refractivity contribution in [3.63, 3.8) is 0 Å². The number of aliphatic carboxylic acids is 1. The molecule has 7 amide bonds. The maximum Gasteiger partial charge on any atom is 0.330 e. The molecule has 0 aromatic heterocycles. The molecule has 2 saturated heterocycles. The van der Waals surface area contributed by atoms with Gasteiger partial charge in [0.2, 0.25) is 53.4 Å². The molecule has 0 spiro atoms. The first-order valence-corrected chi connectivity index (χ1v) is 33.2. The molecule has 7 aliphatic heterocycles. The standard InChI is InChI=1S/C68H79Cl2N9O23/c1-25(2)14-39(73-5)61(91)78-52-54(85)28-7-11-42(36(69)16-28)99-44-18-30-19-45(58(44)102-67-35(56(87)57(88)46(24-80)101-67)22-32-23-68(4,72)59(89)26(3)98-32)100-43-12-8-29(17-37(43)70)55(86)53-65(95)77-51(66(96)97)34-20-31(81)21-41(83)48(34)33-15-27(6-10-40(33)82)49(62(92)79-53)76-63(93)50(30)75-60(90)38(74-64(52)94)9-13-47(71)84/h6-8,10-12,15-21,25-26,32,35,38-39,46,49-57,59,67,73,80-83,85-89H,9,13-14,22-24,72H2,1-5H3,(H2,71,84)(H,74,94)(H,75,90)(H,76,93)(H,77,95)(H,78,91)(H,79,92)(H,96,97)/t26-,32?,35+,38-,39+,46+,49+,50+,51-,52+,53-,54+,55+,56+,57+,59+,67-,68-/m0/s1. The molecule has 5 aromatic rings. The summed E-state index contributed by atoms with van der Waals surface area (Å²) in [5.41, 5.74) is 8.31. The summed E-state index contributed by atoms with van der Waals surface area (Å²) in [7, 11) is 1.49. The Labute approximate surface area is 591 Å². The Balaban J connectivity index is 1.24. The van der Waals surface area contributed by atoms with E-state index in [1.165, 1.54) is 31.3 Å². The Morgan fingerprint density at radius 3 is 1.91 bits per heavy atom. The first-order chi connectivity index (χ1) is 48.2. The highest BCUT2D eigenvalue weighted by atomic mass is 35.5. The molecule has 7 heterocycles. The van der Waals surface area contributed by atoms with Gasteiger partial charge in [0.15, 0.2) is 17.5 Å². The summed E-state index contributed by atoms with van der Waals surface area (Å²) in [4.78, 5) is 117. The average molecular weight is 1460 g/mol. The van der Waals surface area contributed by atoms with Gasteiger partial charge in [-0.2, -0.15) is 0 Å². The Kier molecular flexibility index (Phi) is 22.8. The van der Waals surface area contributed by atoms with Crippen molar-refractivity contribution in [1.82, 2.24) is 37.2 Å². The van der Waals surface area contributed by atoms with Gasteiger partial charge >= 0.3 is 5.97 Å². The number of carboxylic acids is 1. The number of fused-ring (bicyclic) bond motifs is 15. The van der Waals surface area contributed by atoms with Crippen molar-refractivity contribution in [2.75, 3.05) is 13.7 Å². The van der Waals surface area contributed by atoms with Gasteiger partial charge in [0, 0.05) is 34.7 Å². The zero-order valence-corrected chi connectivity index (χ0v) is 56.8. The number of carbonyl (C=O) groups is 8. The fourth-order valence-corrected chi connectivity index (χ4v) is 13.7. The zero-order valence-electron chi connectivity index (χ0n) is 55.3. The SMILES string of the molecule is CN[C@H](CC(C)C)C(=O)N[C@H]1C(=O)N[C@@H](CCC(N)=O)C(=O)N[C@H]2C(=O)N[C@H]3C(=O)N[C@H](C(=O)N[C@H](C(=O)O)c4cc(O)cc(O)c4-c4cc3ccc4O)[C@H](O)c3ccc(c(Cl)c3)Oc3cc2cc(c3O[C@@H]2O[C@H](CO)[C@@H](O)[C@H](O)[C@H]2CC2C[C@](C)(N)[C@H](O)[C@H](C)O2)Oc2ccc(cc2Cl)[C@H]1O. The number of carboxylic acid groups (broad SMARTS) is 1. The lowest BCUT2D eigenvalue weighted by molar-refractivity contribution is -0.268. The van der Waals surface area contributed by atoms with Gasteiger partial charge in [-0.3, -0.25) is 33.6 Å². The molecule has 32 nitrogen and oxygen atoms in total. The normalized spacial score (nSPS) is 29.3. The van der Waals surface area contributed by atoms with Crippen LogP contribution in [-0.4, -0.2) is 185 Å². The monoisotopic (exact) mass is 1460 g/mol. The lowest BCUT2D eigenvalue weighted by Gasteiger charge is -2.47. The van der Waals surface area contributed by atoms with Crippen LogP contribution in [0.15, 0.2) is 78.9 Å². The first-order valence-electron chi connectivity index (χ1n) is 32.5. The van der Waals surface area contributed by atoms with Gasteiger partial charge in [-0.1, -0.05) is 55.2 Å². The molecule has 0 saturated carbocycles. The number of amides is 7. The number of phenolic OH excluding ortho intramolecular Hbond substituents is 3. The number of aliphatic hydroxyl groups excluding tert-OH is 6. The molecule has 18 atom stereocenters. The number of phenols is 3. The zero-order chi connectivity index (χ0) is 74.2. The summed E-state index contributed by atoms with van der Waals surface area (Å²) in [6, 6.07) is 0.121. The number of rotatable bonds is 14. The predicted octanol–water partition coefficient (Wildman–Crippen LogP) is 1.16. The van der Waals surface area contributed by atoms with E-state index in [0.29, 0.717) is 0 Å². The summed E-state index contributed by atoms with van der Waals surface area (Å²) in [6.07, 6.45) is -15.5. The van der Waals surface area contributed by atoms with Gasteiger partial charge in [0.05, 0.1) is 53.0 Å². The van der Waals surface area contributed by atoms with Crippen LogP contribution in [-0.2, 0) is 47.8 Å². The third-order valence-corrected chi connectivity index (χ3v) is 19.1. The number of aliphatic hydroxyl groups is 6. The smallest absolute Gasteiger partial charge is 0.330 e. The molecule has 34 heteroatoms. The van der Waals surface area contributed by atoms with Gasteiger partial charge in [-0.15, -0.1) is 0 Å². The average Bonchev–Trinajstić information content (AvgIpc) is 0.768. The third kappa shape index (κ3) is 16.0. The van der Waals surface area contributed by atoms with E-state index in [1.54, 1.807) is 13.8 Å². The molecular weight excluding hydrogens is 1380 g/mol. The highest BCUT2D eigenvalue weighted by Gasteiger charge is 2.51. The summed E-state index contributed by atoms with van der Waals surface area (Å²) >= 11 is 14.2. The highest BCUT2D eigenvalue weighted by molar-refractivity contribution is 6.32. The second-order valence-electron chi connectivity index (χ2n) is 26.5. The molecule has 12 rings (SSSR count). The minimum absolute atomic E-state index is 0.0185. The largest absolute Gasteiger partial charge is 0.508 e. The molecule has 2 fully saturated rings. The number of likely N-dealkylation sites (N-methyl/N-ethyl adjacent to an activating group) is 1. The van der Waals surface area contributed by atoms with Gasteiger partial charge < -0.3 is 123 Å². The number of ether oxygens (including phenoxy) is 5. The van der Waals surface area contributed by atoms with Gasteiger partial charge in [0.1, 0.15) is 83.4 Å². The second kappa shape index (κ2) is 30.8. The molecule has 11 bridgehead atoms. The van der Waals surface area contributed by atoms with Crippen LogP contribution in [0.2, 0.25) is 10.0 Å². The number of halogens is 2. The van der Waals surface area contributed by atoms with E-state index < -0.39 is 237 Å². The molecule has 0 aliphatic carbocycles. The molecule has 0 radical (unpaired) electrons. The van der Waals surface area contributed by atoms with Crippen LogP contribution in [0.5, 0.6) is 46.0 Å². The summed E-state index contributed by atoms with van der Waals surface area (Å²) in [5, 5.41) is 131. The van der Waals surface area contributed by atoms with E-state index in [9.17, 15) is 75.0 Å². The van der Waals surface area contributed by atoms with Crippen molar-refractivity contribution < 1.29 is 113 Å². The number of carbonyl (C=O) groups excluding carboxylic acids is 7. The Bertz CT molecular complexity index is 4090. The van der Waals surface area contributed by atoms with E-state index in [4.69, 9.17) is 58.4 Å². The van der Waals surface area contributed by atoms with E-state index in [1.807, 2.05) is 13.8 Å². The van der Waals surface area contributed by atoms with Gasteiger partial charge in [0.25, 0.3) is 0 Å². The minimum atomic E-state index is -2.28. The molecule has 548 valence electrons. The van der Waals surface area contributed by atoms with Crippen molar-refractivity contribution in [3.8, 4) is 57.1 Å². The number of aromatic hydroxyl groups is 3. The lowest BCUT2D eigenvalue weighted by atomic mass is 9.79. The van der Waals surface area contributed by atoms with Crippen molar-refractivity contribution >= 4 is 70.5 Å². The van der Waals surface area contributed by atoms with Gasteiger partial charge in [-0.25, -0.2) is 4.79 Å². The summed E-state index contributed by atoms with van der Waals surface area (Å²) in [6.45, 7) is 5.91. The molecule has 5 aromatic carbocycles. The maximum atomic E-state index is 16.1. The fraction of sp³-hybridized carbons (Fsp3) is 0.441. The number of primary amides is 1. The number of benzene rings is 5. The lowest BCUT2D eigenvalue weighted by Crippen LogP contribution is -2.62. The summed E-state index contributed by atoms with van der Waals surface area (Å²) < 4.78 is 32.6. The molecule has 1 unspecified atom stereocenters. The van der Waals surface area contributed by atoms with Crippen molar-refractivity contribution in [2.24, 2.45) is 23.3 Å². The summed E-state index contributed by atoms with van der Waals surface area (Å²) in [5.74, 6) is -16.4. The van der Waals surface area contributed by atoms with Crippen LogP contribution in [0, 0.1) is 11.8 Å². The quantitative estimate of drug-likeness (QED) is 0.0741. The predicted molar refractivity (Wildman–Crippen MR) is 357 cm³/mol. The van der Waals surface area contributed by atoms with Crippen LogP contribution in [0.4, 0.5) is 0 Å². The maximum absolute atomic E-state index is 16.1. The number of hydrogen-bond donors (Lipinski definition) is 19. The Hall–Kier alpha value is -9.16. The second-order valence-corrected chi connectivity index (χ2v) is 27.4. The van der Waals surface area contributed by atoms with Crippen molar-refractivity contribution in [3.05, 3.63) is 117 Å². The van der Waals surface area contributed by atoms with Crippen molar-refractivity contribution in [2.45, 2.75) is 163 Å². The first kappa shape index (κ1) is 75.5. The van der Waals surface area contributed by atoms with Gasteiger partial charge in [-0.05, 0) is 129 Å². The minimum Gasteiger partial charge on any atom is -0.508 e. The third-order valence-electron chi connectivity index (χ3n) is 18.6. The van der Waals surface area contributed by atoms with Crippen LogP contribution >= 0.6 is 23.2 Å². The van der Waals surface area contributed by atoms with E-state index in [2.05, 4.69) is 37.2 Å². The molecular formula is C68H79Cl2N9O23. The molecule has 7 aliphatic rings. The molecule has 21 N–H and O–H groups in total. The fourth-order valence-electron chi connectivity index (χ4n) is 13.2. The number of nitrogens with two attached hydrogens (primary N) is 2. The van der Waals surface area contributed by atoms with Crippen LogP contribution in [0.3, 0.4) is 0 Å². The number of nitrogens with one attached hydrogen (secondary N) is 7. The van der Waals surface area contributed by atoms with Crippen LogP contribution < -0.4 is 62.9 Å². The van der Waals surface area contributed by atoms with Crippen LogP contribution in [0.1, 0.15) is 118 Å². The van der Waals surface area contributed by atoms with E-state index in [0.717, 1.165) is 54.6 Å². The number of hydrogen-bond acceptors (Lipinski definition) is 24. The Morgan fingerprint density at radius 2 is 1.32 bits per heavy atom. The van der Waals surface area contributed by atoms with Crippen molar-refractivity contribution in [1.29, 1.82) is 0 Å². The molecule has 102 heavy (non-hydrogen) atoms. The highest BCUT2D eigenvalue weighted by Crippen LogP contribution is 2.50. The topological polar surface area (TPSA) is 521 Å². The Morgan fingerprint density at radius 1 is 0.716 bits per heavy atom.